The third kappa shape index (κ3) is 2.72. The molecule has 1 atom stereocenters. The van der Waals surface area contributed by atoms with Gasteiger partial charge in [-0.1, -0.05) is 0 Å². The fraction of sp³-hybridized carbons (Fsp3) is 0.714. The topological polar surface area (TPSA) is 6.48 Å². The summed E-state index contributed by atoms with van der Waals surface area (Å²) < 4.78 is 0. The molecule has 1 unspecified atom stereocenters. The van der Waals surface area contributed by atoms with Crippen LogP contribution >= 0.6 is 11.3 Å². The third-order valence-corrected chi connectivity index (χ3v) is 5.05. The van der Waals surface area contributed by atoms with E-state index in [2.05, 4.69) is 28.9 Å². The van der Waals surface area contributed by atoms with E-state index in [1.54, 1.807) is 0 Å². The molecule has 2 nitrogen and oxygen atoms in total. The quantitative estimate of drug-likeness (QED) is 0.796. The normalized spacial score (nSPS) is 27.0. The van der Waals surface area contributed by atoms with Crippen LogP contribution in [-0.4, -0.2) is 42.0 Å². The monoisotopic (exact) mass is 250 g/mol. The zero-order valence-electron chi connectivity index (χ0n) is 10.7. The van der Waals surface area contributed by atoms with Crippen molar-refractivity contribution in [3.05, 3.63) is 21.9 Å². The van der Waals surface area contributed by atoms with Crippen molar-refractivity contribution >= 4 is 11.3 Å². The van der Waals surface area contributed by atoms with E-state index >= 15 is 0 Å². The van der Waals surface area contributed by atoms with Gasteiger partial charge in [0, 0.05) is 28.9 Å². The molecule has 1 aromatic rings. The van der Waals surface area contributed by atoms with Gasteiger partial charge in [0.25, 0.3) is 0 Å². The van der Waals surface area contributed by atoms with Crippen LogP contribution in [0.5, 0.6) is 0 Å². The van der Waals surface area contributed by atoms with Gasteiger partial charge in [-0.2, -0.15) is 0 Å². The minimum Gasteiger partial charge on any atom is -0.299 e. The van der Waals surface area contributed by atoms with Crippen LogP contribution in [0.4, 0.5) is 0 Å². The molecule has 2 aliphatic rings. The molecule has 94 valence electrons. The molecule has 3 heterocycles. The van der Waals surface area contributed by atoms with Crippen LogP contribution in [0.1, 0.15) is 29.0 Å². The Hall–Kier alpha value is -0.380. The lowest BCUT2D eigenvalue weighted by atomic mass is 10.2. The van der Waals surface area contributed by atoms with Crippen LogP contribution in [-0.2, 0) is 6.54 Å². The Morgan fingerprint density at radius 3 is 2.94 bits per heavy atom. The van der Waals surface area contributed by atoms with E-state index in [4.69, 9.17) is 0 Å². The van der Waals surface area contributed by atoms with Crippen molar-refractivity contribution in [2.75, 3.05) is 26.2 Å². The van der Waals surface area contributed by atoms with Crippen LogP contribution in [0, 0.1) is 6.92 Å². The highest BCUT2D eigenvalue weighted by Crippen LogP contribution is 2.23. The van der Waals surface area contributed by atoms with E-state index in [-0.39, 0.29) is 0 Å². The molecule has 0 saturated carbocycles. The fourth-order valence-corrected chi connectivity index (χ4v) is 4.15. The summed E-state index contributed by atoms with van der Waals surface area (Å²) in [6, 6.07) is 5.40. The van der Waals surface area contributed by atoms with Crippen molar-refractivity contribution in [1.29, 1.82) is 0 Å². The maximum absolute atomic E-state index is 2.71. The molecule has 2 saturated heterocycles. The Balaban J connectivity index is 1.63. The number of fused-ring (bicyclic) bond motifs is 1. The van der Waals surface area contributed by atoms with Crippen molar-refractivity contribution in [2.24, 2.45) is 0 Å². The fourth-order valence-electron chi connectivity index (χ4n) is 3.22. The summed E-state index contributed by atoms with van der Waals surface area (Å²) in [7, 11) is 0. The first kappa shape index (κ1) is 11.7. The predicted molar refractivity (Wildman–Crippen MR) is 73.5 cm³/mol. The number of hydrogen-bond acceptors (Lipinski definition) is 3. The van der Waals surface area contributed by atoms with Crippen LogP contribution < -0.4 is 0 Å². The van der Waals surface area contributed by atoms with Crippen molar-refractivity contribution in [1.82, 2.24) is 9.80 Å². The summed E-state index contributed by atoms with van der Waals surface area (Å²) in [6.45, 7) is 8.61. The van der Waals surface area contributed by atoms with E-state index in [1.165, 1.54) is 61.7 Å². The molecule has 0 aliphatic carbocycles. The summed E-state index contributed by atoms with van der Waals surface area (Å²) >= 11 is 1.96. The van der Waals surface area contributed by atoms with Crippen molar-refractivity contribution < 1.29 is 0 Å². The Morgan fingerprint density at radius 2 is 2.12 bits per heavy atom. The van der Waals surface area contributed by atoms with Gasteiger partial charge in [0.1, 0.15) is 0 Å². The molecule has 2 aliphatic heterocycles. The summed E-state index contributed by atoms with van der Waals surface area (Å²) in [5.41, 5.74) is 0. The number of rotatable bonds is 2. The molecule has 0 bridgehead atoms. The Morgan fingerprint density at radius 1 is 1.24 bits per heavy atom. The molecule has 3 heteroatoms. The van der Waals surface area contributed by atoms with Gasteiger partial charge in [0.05, 0.1) is 0 Å². The van der Waals surface area contributed by atoms with E-state index in [9.17, 15) is 0 Å². The molecule has 0 radical (unpaired) electrons. The summed E-state index contributed by atoms with van der Waals surface area (Å²) in [6.07, 6.45) is 4.18. The van der Waals surface area contributed by atoms with Crippen LogP contribution in [0.25, 0.3) is 0 Å². The first-order chi connectivity index (χ1) is 8.31. The molecule has 0 spiro atoms. The smallest absolute Gasteiger partial charge is 0.0328 e. The zero-order valence-corrected chi connectivity index (χ0v) is 11.5. The first-order valence-electron chi connectivity index (χ1n) is 6.83. The molecular weight excluding hydrogens is 228 g/mol. The lowest BCUT2D eigenvalue weighted by Gasteiger charge is -2.25. The van der Waals surface area contributed by atoms with Gasteiger partial charge >= 0.3 is 0 Å². The lowest BCUT2D eigenvalue weighted by molar-refractivity contribution is 0.216. The summed E-state index contributed by atoms with van der Waals surface area (Å²) in [5.74, 6) is 0. The van der Waals surface area contributed by atoms with Gasteiger partial charge in [-0.15, -0.1) is 11.3 Å². The van der Waals surface area contributed by atoms with E-state index in [1.807, 2.05) is 11.3 Å². The molecule has 2 fully saturated rings. The first-order valence-corrected chi connectivity index (χ1v) is 7.64. The maximum atomic E-state index is 2.71. The molecule has 3 rings (SSSR count). The van der Waals surface area contributed by atoms with Crippen LogP contribution in [0.15, 0.2) is 12.1 Å². The number of aryl methyl sites for hydroxylation is 1. The Bertz CT molecular complexity index is 374. The second-order valence-corrected chi connectivity index (χ2v) is 6.81. The molecule has 0 aromatic carbocycles. The minimum atomic E-state index is 0.846. The van der Waals surface area contributed by atoms with Crippen molar-refractivity contribution in [3.63, 3.8) is 0 Å². The van der Waals surface area contributed by atoms with Crippen LogP contribution in [0.3, 0.4) is 0 Å². The Kier molecular flexibility index (Phi) is 3.50. The van der Waals surface area contributed by atoms with Gasteiger partial charge in [-0.05, 0) is 58.0 Å². The lowest BCUT2D eigenvalue weighted by Crippen LogP contribution is -2.36. The maximum Gasteiger partial charge on any atom is 0.0328 e. The van der Waals surface area contributed by atoms with Crippen molar-refractivity contribution in [3.8, 4) is 0 Å². The van der Waals surface area contributed by atoms with Gasteiger partial charge in [0.15, 0.2) is 0 Å². The minimum absolute atomic E-state index is 0.846. The average Bonchev–Trinajstić information content (AvgIpc) is 2.85. The van der Waals surface area contributed by atoms with E-state index in [0.717, 1.165) is 6.04 Å². The van der Waals surface area contributed by atoms with Crippen LogP contribution in [0.2, 0.25) is 0 Å². The van der Waals surface area contributed by atoms with Gasteiger partial charge in [0.2, 0.25) is 0 Å². The second-order valence-electron chi connectivity index (χ2n) is 5.43. The van der Waals surface area contributed by atoms with E-state index in [0.29, 0.717) is 0 Å². The molecule has 17 heavy (non-hydrogen) atoms. The summed E-state index contributed by atoms with van der Waals surface area (Å²) in [5, 5.41) is 0. The zero-order chi connectivity index (χ0) is 11.7. The molecular formula is C14H22N2S. The third-order valence-electron chi connectivity index (χ3n) is 4.06. The number of nitrogens with zero attached hydrogens (tertiary/aromatic N) is 2. The average molecular weight is 250 g/mol. The van der Waals surface area contributed by atoms with Gasteiger partial charge in [-0.3, -0.25) is 9.80 Å². The predicted octanol–water partition coefficient (Wildman–Crippen LogP) is 2.73. The van der Waals surface area contributed by atoms with Gasteiger partial charge in [-0.25, -0.2) is 0 Å². The molecule has 0 N–H and O–H groups in total. The number of hydrogen-bond donors (Lipinski definition) is 0. The largest absolute Gasteiger partial charge is 0.299 e. The van der Waals surface area contributed by atoms with Crippen molar-refractivity contribution in [2.45, 2.75) is 38.8 Å². The number of thiophene rings is 1. The SMILES string of the molecule is Cc1ccc(CN2CCCN3CCCC3C2)s1. The second kappa shape index (κ2) is 5.09. The van der Waals surface area contributed by atoms with Gasteiger partial charge < -0.3 is 0 Å². The Labute approximate surface area is 108 Å². The van der Waals surface area contributed by atoms with E-state index < -0.39 is 0 Å². The standard InChI is InChI=1S/C14H22N2S/c1-12-5-6-14(17-12)11-15-7-3-9-16-8-2-4-13(16)10-15/h5-6,13H,2-4,7-11H2,1H3. The molecule has 0 amide bonds. The highest BCUT2D eigenvalue weighted by Gasteiger charge is 2.28. The summed E-state index contributed by atoms with van der Waals surface area (Å²) in [4.78, 5) is 8.35. The molecule has 1 aromatic heterocycles. The highest BCUT2D eigenvalue weighted by atomic mass is 32.1. The highest BCUT2D eigenvalue weighted by molar-refractivity contribution is 7.11.